The third-order valence-corrected chi connectivity index (χ3v) is 7.49. The standard InChI is InChI=1S/C24H28Cl2N4O/c1-16(21-4-2-17(25)12-22(21)26)30-15-27-23-5-3-19(13-24(23)30)28-9-6-18(7-10-28)29-11-8-20(31)14-29/h2-5,12-13,15-16,18,20,31H,6-11,14H2,1H3/t16-,20?/m1/s1. The Balaban J connectivity index is 1.36. The maximum atomic E-state index is 9.85. The third-order valence-electron chi connectivity index (χ3n) is 6.93. The molecule has 1 N–H and O–H groups in total. The number of aliphatic hydroxyl groups is 1. The Labute approximate surface area is 193 Å². The first-order valence-corrected chi connectivity index (χ1v) is 11.8. The van der Waals surface area contributed by atoms with Crippen molar-refractivity contribution in [3.05, 3.63) is 58.3 Å². The van der Waals surface area contributed by atoms with Crippen LogP contribution in [0.1, 0.15) is 37.8 Å². The Bertz CT molecular complexity index is 1080. The van der Waals surface area contributed by atoms with E-state index in [1.165, 1.54) is 5.69 Å². The minimum absolute atomic E-state index is 0.0531. The number of hydrogen-bond acceptors (Lipinski definition) is 4. The Morgan fingerprint density at radius 1 is 1.03 bits per heavy atom. The van der Waals surface area contributed by atoms with Crippen molar-refractivity contribution in [2.75, 3.05) is 31.1 Å². The highest BCUT2D eigenvalue weighted by Gasteiger charge is 2.30. The molecule has 3 aromatic rings. The van der Waals surface area contributed by atoms with E-state index in [0.717, 1.165) is 62.0 Å². The number of halogens is 2. The van der Waals surface area contributed by atoms with Gasteiger partial charge in [-0.05, 0) is 62.1 Å². The summed E-state index contributed by atoms with van der Waals surface area (Å²) in [6.45, 7) is 6.08. The highest BCUT2D eigenvalue weighted by atomic mass is 35.5. The molecule has 0 amide bonds. The van der Waals surface area contributed by atoms with Crippen molar-refractivity contribution < 1.29 is 5.11 Å². The molecule has 0 aliphatic carbocycles. The van der Waals surface area contributed by atoms with Crippen LogP contribution in [0.3, 0.4) is 0 Å². The molecule has 2 saturated heterocycles. The van der Waals surface area contributed by atoms with E-state index in [4.69, 9.17) is 23.2 Å². The Hall–Kier alpha value is -1.79. The minimum atomic E-state index is -0.142. The Morgan fingerprint density at radius 2 is 1.84 bits per heavy atom. The van der Waals surface area contributed by atoms with Gasteiger partial charge in [0.1, 0.15) is 0 Å². The van der Waals surface area contributed by atoms with Gasteiger partial charge < -0.3 is 14.6 Å². The van der Waals surface area contributed by atoms with Crippen LogP contribution in [0, 0.1) is 0 Å². The van der Waals surface area contributed by atoms with Gasteiger partial charge in [0.05, 0.1) is 29.5 Å². The highest BCUT2D eigenvalue weighted by Crippen LogP contribution is 2.32. The Kier molecular flexibility index (Phi) is 5.86. The zero-order valence-electron chi connectivity index (χ0n) is 17.7. The summed E-state index contributed by atoms with van der Waals surface area (Å²) in [6.07, 6.45) is 4.95. The molecule has 7 heteroatoms. The summed E-state index contributed by atoms with van der Waals surface area (Å²) in [4.78, 5) is 9.56. The smallest absolute Gasteiger partial charge is 0.0964 e. The fraction of sp³-hybridized carbons (Fsp3) is 0.458. The topological polar surface area (TPSA) is 44.5 Å². The average molecular weight is 459 g/mol. The normalized spacial score (nSPS) is 21.8. The lowest BCUT2D eigenvalue weighted by Crippen LogP contribution is -2.44. The molecule has 2 fully saturated rings. The Morgan fingerprint density at radius 3 is 2.55 bits per heavy atom. The van der Waals surface area contributed by atoms with Gasteiger partial charge in [-0.1, -0.05) is 29.3 Å². The summed E-state index contributed by atoms with van der Waals surface area (Å²) in [5, 5.41) is 11.2. The summed E-state index contributed by atoms with van der Waals surface area (Å²) in [5.74, 6) is 0. The number of fused-ring (bicyclic) bond motifs is 1. The number of β-amino-alcohol motifs (C(OH)–C–C–N with tert-alkyl or cyclic N) is 1. The number of benzene rings is 2. The number of anilines is 1. The van der Waals surface area contributed by atoms with Crippen molar-refractivity contribution in [2.45, 2.75) is 44.4 Å². The second-order valence-electron chi connectivity index (χ2n) is 8.82. The number of hydrogen-bond donors (Lipinski definition) is 1. The van der Waals surface area contributed by atoms with E-state index in [-0.39, 0.29) is 12.1 Å². The molecule has 2 aliphatic heterocycles. The second kappa shape index (κ2) is 8.62. The van der Waals surface area contributed by atoms with Gasteiger partial charge in [-0.2, -0.15) is 0 Å². The SMILES string of the molecule is C[C@H](c1ccc(Cl)cc1Cl)n1cnc2ccc(N3CCC(N4CCC(O)C4)CC3)cc21. The number of likely N-dealkylation sites (tertiary alicyclic amines) is 1. The lowest BCUT2D eigenvalue weighted by atomic mass is 10.0. The van der Waals surface area contributed by atoms with Crippen molar-refractivity contribution in [3.63, 3.8) is 0 Å². The van der Waals surface area contributed by atoms with E-state index in [1.54, 1.807) is 6.07 Å². The van der Waals surface area contributed by atoms with Gasteiger partial charge in [-0.25, -0.2) is 4.98 Å². The first-order valence-electron chi connectivity index (χ1n) is 11.1. The van der Waals surface area contributed by atoms with Gasteiger partial charge in [-0.3, -0.25) is 4.90 Å². The molecule has 5 rings (SSSR count). The van der Waals surface area contributed by atoms with Crippen molar-refractivity contribution in [1.29, 1.82) is 0 Å². The van der Waals surface area contributed by atoms with Crippen LogP contribution in [0.4, 0.5) is 5.69 Å². The van der Waals surface area contributed by atoms with E-state index in [0.29, 0.717) is 16.1 Å². The van der Waals surface area contributed by atoms with Crippen LogP contribution in [0.5, 0.6) is 0 Å². The molecule has 2 atom stereocenters. The van der Waals surface area contributed by atoms with E-state index < -0.39 is 0 Å². The number of nitrogens with zero attached hydrogens (tertiary/aromatic N) is 4. The van der Waals surface area contributed by atoms with Crippen molar-refractivity contribution in [3.8, 4) is 0 Å². The highest BCUT2D eigenvalue weighted by molar-refractivity contribution is 6.35. The summed E-state index contributed by atoms with van der Waals surface area (Å²) in [7, 11) is 0. The predicted molar refractivity (Wildman–Crippen MR) is 127 cm³/mol. The molecular formula is C24H28Cl2N4O. The molecule has 31 heavy (non-hydrogen) atoms. The van der Waals surface area contributed by atoms with E-state index >= 15 is 0 Å². The molecule has 5 nitrogen and oxygen atoms in total. The molecule has 164 valence electrons. The van der Waals surface area contributed by atoms with E-state index in [1.807, 2.05) is 18.5 Å². The van der Waals surface area contributed by atoms with Crippen LogP contribution < -0.4 is 4.90 Å². The van der Waals surface area contributed by atoms with Gasteiger partial charge in [0, 0.05) is 48.0 Å². The monoisotopic (exact) mass is 458 g/mol. The average Bonchev–Trinajstić information content (AvgIpc) is 3.39. The van der Waals surface area contributed by atoms with Crippen molar-refractivity contribution in [1.82, 2.24) is 14.5 Å². The van der Waals surface area contributed by atoms with Gasteiger partial charge >= 0.3 is 0 Å². The number of imidazole rings is 1. The maximum Gasteiger partial charge on any atom is 0.0964 e. The largest absolute Gasteiger partial charge is 0.392 e. The zero-order valence-corrected chi connectivity index (χ0v) is 19.2. The van der Waals surface area contributed by atoms with Gasteiger partial charge in [0.15, 0.2) is 0 Å². The van der Waals surface area contributed by atoms with Crippen LogP contribution in [-0.4, -0.2) is 57.9 Å². The van der Waals surface area contributed by atoms with Crippen LogP contribution in [-0.2, 0) is 0 Å². The molecule has 2 aromatic carbocycles. The molecule has 0 radical (unpaired) electrons. The summed E-state index contributed by atoms with van der Waals surface area (Å²) in [6, 6.07) is 12.9. The molecule has 2 aliphatic rings. The van der Waals surface area contributed by atoms with E-state index in [9.17, 15) is 5.11 Å². The molecule has 0 spiro atoms. The molecule has 1 aromatic heterocycles. The number of aromatic nitrogens is 2. The van der Waals surface area contributed by atoms with Gasteiger partial charge in [0.2, 0.25) is 0 Å². The number of aliphatic hydroxyl groups excluding tert-OH is 1. The van der Waals surface area contributed by atoms with Gasteiger partial charge in [-0.15, -0.1) is 0 Å². The molecule has 3 heterocycles. The molecule has 1 unspecified atom stereocenters. The van der Waals surface area contributed by atoms with E-state index in [2.05, 4.69) is 44.5 Å². The first-order chi connectivity index (χ1) is 15.0. The van der Waals surface area contributed by atoms with Crippen molar-refractivity contribution >= 4 is 39.9 Å². The van der Waals surface area contributed by atoms with Crippen LogP contribution >= 0.6 is 23.2 Å². The predicted octanol–water partition coefficient (Wildman–Crippen LogP) is 4.99. The lowest BCUT2D eigenvalue weighted by Gasteiger charge is -2.37. The molecule has 0 bridgehead atoms. The summed E-state index contributed by atoms with van der Waals surface area (Å²) < 4.78 is 2.19. The number of piperidine rings is 1. The first kappa shape index (κ1) is 21.1. The van der Waals surface area contributed by atoms with Gasteiger partial charge in [0.25, 0.3) is 0 Å². The third kappa shape index (κ3) is 4.17. The molecular weight excluding hydrogens is 431 g/mol. The molecule has 0 saturated carbocycles. The minimum Gasteiger partial charge on any atom is -0.392 e. The zero-order chi connectivity index (χ0) is 21.5. The lowest BCUT2D eigenvalue weighted by molar-refractivity contribution is 0.148. The fourth-order valence-electron chi connectivity index (χ4n) is 5.10. The van der Waals surface area contributed by atoms with Crippen LogP contribution in [0.25, 0.3) is 11.0 Å². The summed E-state index contributed by atoms with van der Waals surface area (Å²) in [5.41, 5.74) is 4.37. The second-order valence-corrected chi connectivity index (χ2v) is 9.67. The van der Waals surface area contributed by atoms with Crippen molar-refractivity contribution in [2.24, 2.45) is 0 Å². The summed E-state index contributed by atoms with van der Waals surface area (Å²) >= 11 is 12.6. The maximum absolute atomic E-state index is 9.85. The fourth-order valence-corrected chi connectivity index (χ4v) is 5.67. The van der Waals surface area contributed by atoms with Crippen LogP contribution in [0.2, 0.25) is 10.0 Å². The van der Waals surface area contributed by atoms with Crippen LogP contribution in [0.15, 0.2) is 42.7 Å². The quantitative estimate of drug-likeness (QED) is 0.597. The number of rotatable bonds is 4.